The third-order valence-electron chi connectivity index (χ3n) is 18.0. The van der Waals surface area contributed by atoms with Crippen LogP contribution in [0.15, 0.2) is 136 Å². The molecule has 16 rings (SSSR count). The lowest BCUT2D eigenvalue weighted by Crippen LogP contribution is -2.36. The maximum atomic E-state index is 15.7. The second kappa shape index (κ2) is 34.9. The van der Waals surface area contributed by atoms with Gasteiger partial charge in [0, 0.05) is 72.7 Å². The minimum atomic E-state index is -4.72. The molecule has 0 amide bonds. The molecular formula is C68H68Cl4F4N8O32P4. The van der Waals surface area contributed by atoms with Gasteiger partial charge in [-0.2, -0.15) is 0 Å². The number of hydrogen-bond donors (Lipinski definition) is 8. The van der Waals surface area contributed by atoms with Crippen molar-refractivity contribution in [2.75, 3.05) is 26.3 Å². The summed E-state index contributed by atoms with van der Waals surface area (Å²) in [6.45, 7) is -2.86. The number of phosphoric acid groups is 4. The van der Waals surface area contributed by atoms with Crippen LogP contribution in [0.25, 0.3) is 0 Å². The first-order chi connectivity index (χ1) is 58.6. The maximum absolute atomic E-state index is 15.7. The topological polar surface area (TPSA) is 516 Å². The van der Waals surface area contributed by atoms with Crippen LogP contribution in [0.2, 0.25) is 20.1 Å². The van der Waals surface area contributed by atoms with Crippen LogP contribution in [0, 0.1) is 27.7 Å². The number of nitrogens with zero attached hydrogens (tertiary/aromatic N) is 4. The second-order valence-corrected chi connectivity index (χ2v) is 34.9. The molecule has 0 spiro atoms. The average Bonchev–Trinajstić information content (AvgIpc) is 1.57. The molecular weight excluding hydrogens is 1780 g/mol. The van der Waals surface area contributed by atoms with Gasteiger partial charge in [0.1, 0.15) is 93.8 Å². The molecule has 12 heterocycles. The fourth-order valence-corrected chi connectivity index (χ4v) is 17.8. The van der Waals surface area contributed by atoms with Gasteiger partial charge in [0.2, 0.25) is 23.4 Å². The predicted octanol–water partition coefficient (Wildman–Crippen LogP) is 8.71. The van der Waals surface area contributed by atoms with Gasteiger partial charge < -0.3 is 57.5 Å². The first-order valence-electron chi connectivity index (χ1n) is 37.7. The first-order valence-corrected chi connectivity index (χ1v) is 42.0. The first kappa shape index (κ1) is 81.6. The molecule has 40 nitrogen and oxygen atoms in total. The summed E-state index contributed by atoms with van der Waals surface area (Å²) in [4.78, 5) is 101. The van der Waals surface area contributed by atoms with E-state index in [1.807, 2.05) is 15.0 Å². The van der Waals surface area contributed by atoms with E-state index in [1.54, 1.807) is 105 Å². The molecule has 0 bridgehead atoms. The Bertz CT molecular complexity index is 6390. The number of para-hydroxylation sites is 4. The van der Waals surface area contributed by atoms with Crippen LogP contribution >= 0.6 is 77.7 Å². The summed E-state index contributed by atoms with van der Waals surface area (Å²) in [5.41, 5.74) is -3.26. The highest BCUT2D eigenvalue weighted by atomic mass is 35.5. The van der Waals surface area contributed by atoms with E-state index in [1.165, 1.54) is 0 Å². The summed E-state index contributed by atoms with van der Waals surface area (Å²) in [6, 6.07) is 20.4. The van der Waals surface area contributed by atoms with Gasteiger partial charge in [-0.25, -0.2) is 55.0 Å². The number of aromatic nitrogens is 8. The van der Waals surface area contributed by atoms with E-state index in [-0.39, 0.29) is 47.5 Å². The fourth-order valence-electron chi connectivity index (χ4n) is 12.3. The van der Waals surface area contributed by atoms with Gasteiger partial charge in [0.05, 0.1) is 34.7 Å². The Kier molecular flexibility index (Phi) is 23.8. The number of aromatic amines is 4. The largest absolute Gasteiger partial charge is 0.530 e. The van der Waals surface area contributed by atoms with Crippen molar-refractivity contribution in [1.82, 2.24) is 38.2 Å². The molecule has 4 aromatic heterocycles. The van der Waals surface area contributed by atoms with Crippen LogP contribution in [0.4, 0.5) is 17.6 Å². The highest BCUT2D eigenvalue weighted by Crippen LogP contribution is 2.61. The number of rotatable bonds is 16. The number of aliphatic hydroxyl groups excluding tert-OH is 4. The summed E-state index contributed by atoms with van der Waals surface area (Å²) in [5, 5.41) is 39.2. The van der Waals surface area contributed by atoms with Crippen LogP contribution in [0.3, 0.4) is 0 Å². The number of fused-ring (bicyclic) bond motifs is 4. The van der Waals surface area contributed by atoms with E-state index in [2.05, 4.69) is 0 Å². The van der Waals surface area contributed by atoms with Crippen LogP contribution in [0.5, 0.6) is 23.0 Å². The van der Waals surface area contributed by atoms with Crippen LogP contribution in [-0.4, -0.2) is 133 Å². The van der Waals surface area contributed by atoms with Crippen molar-refractivity contribution < 1.29 is 138 Å². The number of aliphatic hydroxyl groups is 4. The lowest BCUT2D eigenvalue weighted by molar-refractivity contribution is -0.179. The molecule has 8 N–H and O–H groups in total. The lowest BCUT2D eigenvalue weighted by Gasteiger charge is -2.28. The molecule has 120 heavy (non-hydrogen) atoms. The number of halogens is 8. The van der Waals surface area contributed by atoms with E-state index >= 15 is 17.6 Å². The number of H-pyrrole nitrogens is 4. The fraction of sp³-hybridized carbons (Fsp3) is 0.412. The maximum Gasteiger partial charge on any atom is 0.530 e. The van der Waals surface area contributed by atoms with Gasteiger partial charge in [-0.3, -0.25) is 93.6 Å². The molecule has 0 radical (unpaired) electrons. The smallest absolute Gasteiger partial charge is 0.403 e. The van der Waals surface area contributed by atoms with Crippen molar-refractivity contribution in [2.24, 2.45) is 0 Å². The van der Waals surface area contributed by atoms with Crippen molar-refractivity contribution in [1.29, 1.82) is 0 Å². The monoisotopic (exact) mass is 1850 g/mol. The number of alkyl halides is 4. The number of ether oxygens (including phenoxy) is 4. The van der Waals surface area contributed by atoms with Crippen molar-refractivity contribution in [3.05, 3.63) is 246 Å². The molecule has 648 valence electrons. The SMILES string of the molecule is Cc1cccc2c1OP(=O)(OC[C@]1(F)C[C@@H](O)[C@H](n3cc(Cl)c(=O)[nH]c3=O)O1)OC2.[2H]C([2H])(OP1(=O)OCc2cccc(C)c2O1)[C@]1(F)C[C@@H](O)[C@H](n2cc(Cl)c(=O)[nH]c2=O)O1.[2H]C([2H])(OP1(=O)OCc2cccc(C)c2O1)[C@]1(F)C[C@@H](O)[C@]([2H])(n2cc(Cl)c(=O)[nH]c2=O)O1.[2H][C@@]1(n2cc(Cl)c(=O)[nH]c2=O)O[C@](F)(COP2(=O)OCc3cccc(C)c3O2)C[C@H]1O. The van der Waals surface area contributed by atoms with Gasteiger partial charge >= 0.3 is 54.0 Å². The molecule has 4 fully saturated rings. The minimum Gasteiger partial charge on any atom is -0.403 e. The number of nitrogens with one attached hydrogen (secondary N) is 4. The molecule has 52 heteroatoms. The summed E-state index contributed by atoms with van der Waals surface area (Å²) >= 11 is 22.7. The summed E-state index contributed by atoms with van der Waals surface area (Å²) in [6.07, 6.45) is -16.6. The summed E-state index contributed by atoms with van der Waals surface area (Å²) in [5.74, 6) is -11.5. The Balaban J connectivity index is 0.000000144. The van der Waals surface area contributed by atoms with Gasteiger partial charge in [-0.1, -0.05) is 119 Å². The Labute approximate surface area is 697 Å². The van der Waals surface area contributed by atoms with E-state index < -0.39 is 216 Å². The molecule has 8 aliphatic heterocycles. The van der Waals surface area contributed by atoms with Crippen molar-refractivity contribution in [2.45, 2.75) is 153 Å². The van der Waals surface area contributed by atoms with Gasteiger partial charge in [-0.15, -0.1) is 0 Å². The predicted molar refractivity (Wildman–Crippen MR) is 404 cm³/mol. The highest BCUT2D eigenvalue weighted by molar-refractivity contribution is 7.49. The van der Waals surface area contributed by atoms with Crippen molar-refractivity contribution >= 4 is 77.7 Å². The quantitative estimate of drug-likeness (QED) is 0.0331. The third-order valence-corrected chi connectivity index (χ3v) is 24.0. The number of phosphoric ester groups is 4. The molecule has 8 aromatic rings. The molecule has 16 atom stereocenters. The highest BCUT2D eigenvalue weighted by Gasteiger charge is 2.55. The normalized spacial score (nSPS) is 32.9. The Hall–Kier alpha value is -8.04. The van der Waals surface area contributed by atoms with E-state index in [9.17, 15) is 77.0 Å². The molecule has 4 unspecified atom stereocenters. The molecule has 4 saturated heterocycles. The van der Waals surface area contributed by atoms with Crippen LogP contribution in [-0.2, 0) is 99.8 Å². The molecule has 4 aromatic carbocycles. The van der Waals surface area contributed by atoms with E-state index in [0.29, 0.717) is 71.3 Å². The van der Waals surface area contributed by atoms with Gasteiger partial charge in [0.25, 0.3) is 22.2 Å². The molecule has 0 saturated carbocycles. The van der Waals surface area contributed by atoms with Gasteiger partial charge in [-0.05, 0) is 49.9 Å². The summed E-state index contributed by atoms with van der Waals surface area (Å²) < 4.78 is 245. The van der Waals surface area contributed by atoms with E-state index in [4.69, 9.17) is 128 Å². The zero-order valence-corrected chi connectivity index (χ0v) is 68.2. The Morgan fingerprint density at radius 3 is 0.992 bits per heavy atom. The standard InChI is InChI=1S/4C17H17ClFN2O8P/c4*1-9-3-2-4-10-7-26-30(25,29-13(9)10)27-8-17(19)5-12(22)15(28-17)21-6-11(18)14(23)20-16(21)24/h4*2-4,6,12,15,22H,5,7-8H2,1H3,(H,20,23,24)/t4*12-,15-,17+,30?/m1111/s1/i8D2,15D;15D;8D2;. The second-order valence-electron chi connectivity index (χ2n) is 27.0. The van der Waals surface area contributed by atoms with Crippen LogP contribution < -0.4 is 63.1 Å². The average molecular weight is 1860 g/mol. The molecule has 8 aliphatic rings. The summed E-state index contributed by atoms with van der Waals surface area (Å²) in [7, 11) is -17.7. The molecule has 0 aliphatic carbocycles. The lowest BCUT2D eigenvalue weighted by atomic mass is 10.1. The van der Waals surface area contributed by atoms with Crippen LogP contribution in [0.1, 0.15) is 103 Å². The van der Waals surface area contributed by atoms with Crippen molar-refractivity contribution in [3.63, 3.8) is 0 Å². The Morgan fingerprint density at radius 2 is 0.658 bits per heavy atom. The number of hydrogen-bond acceptors (Lipinski definition) is 32. The Morgan fingerprint density at radius 1 is 0.408 bits per heavy atom. The number of aryl methyl sites for hydroxylation is 4. The van der Waals surface area contributed by atoms with Crippen molar-refractivity contribution in [3.8, 4) is 23.0 Å². The van der Waals surface area contributed by atoms with Gasteiger partial charge in [0.15, 0.2) is 24.9 Å². The minimum absolute atomic E-state index is 0.0506. The zero-order valence-electron chi connectivity index (χ0n) is 67.6. The zero-order chi connectivity index (χ0) is 92.2. The third kappa shape index (κ3) is 19.9. The van der Waals surface area contributed by atoms with E-state index in [0.717, 1.165) is 23.2 Å². The number of benzene rings is 4.